The van der Waals surface area contributed by atoms with Crippen molar-refractivity contribution in [2.24, 2.45) is 0 Å². The van der Waals surface area contributed by atoms with Crippen molar-refractivity contribution in [2.75, 3.05) is 31.1 Å². The van der Waals surface area contributed by atoms with Gasteiger partial charge < -0.3 is 10.2 Å². The molecule has 3 aliphatic rings. The lowest BCUT2D eigenvalue weighted by Crippen LogP contribution is -2.54. The van der Waals surface area contributed by atoms with E-state index in [9.17, 15) is 8.42 Å². The molecular weight excluding hydrogens is 312 g/mol. The van der Waals surface area contributed by atoms with Crippen molar-refractivity contribution >= 4 is 15.9 Å². The minimum absolute atomic E-state index is 0.0482. The standard InChI is InChI=1S/C16H24N4O2S/c21-23(22,20-12-14-10-16(20)11-17-14)18-13-6-8-19(9-7-13)15-4-2-1-3-5-15/h1-5,13-14,16-18H,6-12H2/t14-,16-/m0/s1. The Balaban J connectivity index is 1.34. The first-order valence-corrected chi connectivity index (χ1v) is 9.88. The largest absolute Gasteiger partial charge is 0.371 e. The normalized spacial score (nSPS) is 29.3. The summed E-state index contributed by atoms with van der Waals surface area (Å²) in [4.78, 5) is 2.33. The van der Waals surface area contributed by atoms with Gasteiger partial charge in [0.1, 0.15) is 0 Å². The van der Waals surface area contributed by atoms with Gasteiger partial charge in [-0.3, -0.25) is 0 Å². The van der Waals surface area contributed by atoms with Crippen molar-refractivity contribution in [1.29, 1.82) is 0 Å². The van der Waals surface area contributed by atoms with Crippen LogP contribution in [0.15, 0.2) is 30.3 Å². The van der Waals surface area contributed by atoms with Gasteiger partial charge >= 0.3 is 0 Å². The second-order valence-electron chi connectivity index (χ2n) is 6.78. The topological polar surface area (TPSA) is 64.7 Å². The summed E-state index contributed by atoms with van der Waals surface area (Å²) in [6, 6.07) is 10.9. The molecule has 3 saturated heterocycles. The van der Waals surface area contributed by atoms with Crippen molar-refractivity contribution in [3.05, 3.63) is 30.3 Å². The molecule has 0 radical (unpaired) electrons. The number of nitrogens with one attached hydrogen (secondary N) is 2. The number of para-hydroxylation sites is 1. The van der Waals surface area contributed by atoms with E-state index in [2.05, 4.69) is 27.1 Å². The van der Waals surface area contributed by atoms with Crippen molar-refractivity contribution in [1.82, 2.24) is 14.3 Å². The highest BCUT2D eigenvalue weighted by atomic mass is 32.2. The van der Waals surface area contributed by atoms with Crippen molar-refractivity contribution in [3.63, 3.8) is 0 Å². The Morgan fingerprint density at radius 2 is 1.87 bits per heavy atom. The van der Waals surface area contributed by atoms with E-state index in [1.54, 1.807) is 4.31 Å². The smallest absolute Gasteiger partial charge is 0.280 e. The molecule has 2 N–H and O–H groups in total. The number of anilines is 1. The van der Waals surface area contributed by atoms with Gasteiger partial charge in [0.05, 0.1) is 0 Å². The third-order valence-corrected chi connectivity index (χ3v) is 6.94. The lowest BCUT2D eigenvalue weighted by atomic mass is 10.1. The molecule has 126 valence electrons. The second-order valence-corrected chi connectivity index (χ2v) is 8.44. The zero-order valence-electron chi connectivity index (χ0n) is 13.2. The van der Waals surface area contributed by atoms with E-state index in [4.69, 9.17) is 0 Å². The molecule has 0 aliphatic carbocycles. The number of hydrogen-bond donors (Lipinski definition) is 2. The van der Waals surface area contributed by atoms with Crippen molar-refractivity contribution in [3.8, 4) is 0 Å². The Morgan fingerprint density at radius 3 is 2.48 bits per heavy atom. The maximum absolute atomic E-state index is 12.6. The number of fused-ring (bicyclic) bond motifs is 2. The SMILES string of the molecule is O=S(=O)(NC1CCN(c2ccccc2)CC1)N1C[C@@H]2C[C@H]1CN2. The molecule has 1 aromatic carbocycles. The number of hydrogen-bond acceptors (Lipinski definition) is 4. The monoisotopic (exact) mass is 336 g/mol. The highest BCUT2D eigenvalue weighted by Crippen LogP contribution is 2.26. The lowest BCUT2D eigenvalue weighted by Gasteiger charge is -2.35. The van der Waals surface area contributed by atoms with Crippen LogP contribution in [0.25, 0.3) is 0 Å². The number of piperidine rings is 1. The molecule has 6 nitrogen and oxygen atoms in total. The fourth-order valence-corrected chi connectivity index (χ4v) is 5.71. The van der Waals surface area contributed by atoms with Gasteiger partial charge in [-0.25, -0.2) is 0 Å². The van der Waals surface area contributed by atoms with Gasteiger partial charge in [-0.2, -0.15) is 17.4 Å². The Hall–Kier alpha value is -1.15. The fraction of sp³-hybridized carbons (Fsp3) is 0.625. The number of piperazine rings is 1. The minimum Gasteiger partial charge on any atom is -0.371 e. The summed E-state index contributed by atoms with van der Waals surface area (Å²) in [6.45, 7) is 3.19. The summed E-state index contributed by atoms with van der Waals surface area (Å²) in [7, 11) is -3.35. The van der Waals surface area contributed by atoms with E-state index >= 15 is 0 Å². The molecule has 3 aliphatic heterocycles. The molecule has 0 aromatic heterocycles. The lowest BCUT2D eigenvalue weighted by molar-refractivity contribution is 0.335. The van der Waals surface area contributed by atoms with Crippen LogP contribution in [-0.4, -0.2) is 57.0 Å². The van der Waals surface area contributed by atoms with Crippen LogP contribution in [0, 0.1) is 0 Å². The molecule has 0 spiro atoms. The van der Waals surface area contributed by atoms with E-state index in [1.165, 1.54) is 5.69 Å². The summed E-state index contributed by atoms with van der Waals surface area (Å²) in [5.74, 6) is 0. The Morgan fingerprint density at radius 1 is 1.13 bits per heavy atom. The van der Waals surface area contributed by atoms with Gasteiger partial charge in [-0.05, 0) is 31.4 Å². The van der Waals surface area contributed by atoms with Crippen molar-refractivity contribution in [2.45, 2.75) is 37.4 Å². The molecule has 23 heavy (non-hydrogen) atoms. The molecule has 0 amide bonds. The van der Waals surface area contributed by atoms with Gasteiger partial charge in [-0.1, -0.05) is 18.2 Å². The van der Waals surface area contributed by atoms with Crippen LogP contribution in [0.1, 0.15) is 19.3 Å². The first kappa shape index (κ1) is 15.4. The Kier molecular flexibility index (Phi) is 4.05. The van der Waals surface area contributed by atoms with E-state index in [1.807, 2.05) is 18.2 Å². The molecule has 1 aromatic rings. The van der Waals surface area contributed by atoms with E-state index in [0.29, 0.717) is 12.6 Å². The van der Waals surface area contributed by atoms with Crippen LogP contribution in [0.5, 0.6) is 0 Å². The van der Waals surface area contributed by atoms with Gasteiger partial charge in [0, 0.05) is 50.0 Å². The molecule has 0 saturated carbocycles. The quantitative estimate of drug-likeness (QED) is 0.842. The Bertz CT molecular complexity index is 643. The van der Waals surface area contributed by atoms with Gasteiger partial charge in [-0.15, -0.1) is 0 Å². The third-order valence-electron chi connectivity index (χ3n) is 5.25. The summed E-state index contributed by atoms with van der Waals surface area (Å²) in [5.41, 5.74) is 1.22. The number of rotatable bonds is 4. The van der Waals surface area contributed by atoms with Crippen LogP contribution in [0.2, 0.25) is 0 Å². The highest BCUT2D eigenvalue weighted by molar-refractivity contribution is 7.87. The molecular formula is C16H24N4O2S. The first-order valence-electron chi connectivity index (χ1n) is 8.44. The summed E-state index contributed by atoms with van der Waals surface area (Å²) in [6.07, 6.45) is 2.66. The molecule has 4 rings (SSSR count). The predicted octanol–water partition coefficient (Wildman–Crippen LogP) is 0.536. The molecule has 3 fully saturated rings. The van der Waals surface area contributed by atoms with Crippen LogP contribution < -0.4 is 14.9 Å². The zero-order chi connectivity index (χ0) is 15.9. The summed E-state index contributed by atoms with van der Waals surface area (Å²) in [5, 5.41) is 3.35. The van der Waals surface area contributed by atoms with E-state index in [0.717, 1.165) is 38.9 Å². The summed E-state index contributed by atoms with van der Waals surface area (Å²) >= 11 is 0. The van der Waals surface area contributed by atoms with Crippen molar-refractivity contribution < 1.29 is 8.42 Å². The zero-order valence-corrected chi connectivity index (χ0v) is 14.0. The average molecular weight is 336 g/mol. The van der Waals surface area contributed by atoms with E-state index < -0.39 is 10.2 Å². The molecule has 3 heterocycles. The molecule has 2 atom stereocenters. The third kappa shape index (κ3) is 3.10. The second kappa shape index (κ2) is 6.05. The van der Waals surface area contributed by atoms with Crippen LogP contribution in [0.4, 0.5) is 5.69 Å². The predicted molar refractivity (Wildman–Crippen MR) is 90.6 cm³/mol. The number of benzene rings is 1. The molecule has 2 bridgehead atoms. The number of nitrogens with zero attached hydrogens (tertiary/aromatic N) is 2. The van der Waals surface area contributed by atoms with Crippen LogP contribution in [-0.2, 0) is 10.2 Å². The fourth-order valence-electron chi connectivity index (χ4n) is 3.99. The highest BCUT2D eigenvalue weighted by Gasteiger charge is 2.44. The molecule has 7 heteroatoms. The maximum Gasteiger partial charge on any atom is 0.280 e. The first-order chi connectivity index (χ1) is 11.1. The maximum atomic E-state index is 12.6. The minimum atomic E-state index is -3.35. The average Bonchev–Trinajstić information content (AvgIpc) is 3.19. The van der Waals surface area contributed by atoms with Crippen LogP contribution >= 0.6 is 0 Å². The molecule has 0 unspecified atom stereocenters. The Labute approximate surface area is 138 Å². The van der Waals surface area contributed by atoms with Crippen LogP contribution in [0.3, 0.4) is 0 Å². The van der Waals surface area contributed by atoms with Gasteiger partial charge in [0.25, 0.3) is 10.2 Å². The van der Waals surface area contributed by atoms with Gasteiger partial charge in [0.15, 0.2) is 0 Å². The summed E-state index contributed by atoms with van der Waals surface area (Å²) < 4.78 is 29.8. The van der Waals surface area contributed by atoms with E-state index in [-0.39, 0.29) is 12.1 Å². The van der Waals surface area contributed by atoms with Gasteiger partial charge in [0.2, 0.25) is 0 Å².